The Bertz CT molecular complexity index is 166. The third-order valence-electron chi connectivity index (χ3n) is 1.20. The summed E-state index contributed by atoms with van der Waals surface area (Å²) in [6, 6.07) is 0. The van der Waals surface area contributed by atoms with Crippen LogP contribution in [0, 0.1) is 5.92 Å². The normalized spacial score (nSPS) is 9.82. The molecule has 0 spiro atoms. The Labute approximate surface area is 66.4 Å². The molecule has 4 nitrogen and oxygen atoms in total. The molecule has 0 aromatic rings. The summed E-state index contributed by atoms with van der Waals surface area (Å²) in [6.45, 7) is 4.48. The van der Waals surface area contributed by atoms with Gasteiger partial charge >= 0.3 is 11.8 Å². The lowest BCUT2D eigenvalue weighted by molar-refractivity contribution is -0.143. The molecule has 0 atom stereocenters. The molecule has 0 rings (SSSR count). The lowest BCUT2D eigenvalue weighted by atomic mass is 10.2. The van der Waals surface area contributed by atoms with Crippen LogP contribution in [0.3, 0.4) is 0 Å². The number of hydrogen-bond acceptors (Lipinski definition) is 2. The highest BCUT2D eigenvalue weighted by atomic mass is 16.2. The first-order chi connectivity index (χ1) is 4.95. The Hall–Kier alpha value is -1.06. The summed E-state index contributed by atoms with van der Waals surface area (Å²) in [4.78, 5) is 22.5. The van der Waals surface area contributed by atoms with Gasteiger partial charge in [0.05, 0.1) is 0 Å². The van der Waals surface area contributed by atoms with Crippen molar-refractivity contribution < 1.29 is 9.59 Å². The maximum atomic E-state index is 10.8. The van der Waals surface area contributed by atoms with Gasteiger partial charge in [0, 0.05) is 13.6 Å². The standard InChI is InChI=1S/C7H14N2O2/c1-5(2)4-9(3)7(11)6(8)10/h5H,4H2,1-3H3,(H2,8,10). The summed E-state index contributed by atoms with van der Waals surface area (Å²) in [5.41, 5.74) is 4.78. The van der Waals surface area contributed by atoms with Gasteiger partial charge in [0.2, 0.25) is 0 Å². The summed E-state index contributed by atoms with van der Waals surface area (Å²) in [6.07, 6.45) is 0. The number of rotatable bonds is 2. The van der Waals surface area contributed by atoms with E-state index in [9.17, 15) is 9.59 Å². The van der Waals surface area contributed by atoms with Crippen LogP contribution in [0.2, 0.25) is 0 Å². The molecule has 0 saturated heterocycles. The summed E-state index contributed by atoms with van der Waals surface area (Å²) >= 11 is 0. The second-order valence-electron chi connectivity index (χ2n) is 2.94. The highest BCUT2D eigenvalue weighted by molar-refractivity contribution is 6.34. The van der Waals surface area contributed by atoms with Crippen LogP contribution < -0.4 is 5.73 Å². The third-order valence-corrected chi connectivity index (χ3v) is 1.20. The maximum Gasteiger partial charge on any atom is 0.311 e. The topological polar surface area (TPSA) is 63.4 Å². The van der Waals surface area contributed by atoms with Crippen LogP contribution in [0.15, 0.2) is 0 Å². The molecule has 0 aliphatic heterocycles. The maximum absolute atomic E-state index is 10.8. The monoisotopic (exact) mass is 158 g/mol. The molecule has 0 aliphatic carbocycles. The fraction of sp³-hybridized carbons (Fsp3) is 0.714. The van der Waals surface area contributed by atoms with Gasteiger partial charge in [0.1, 0.15) is 0 Å². The Balaban J connectivity index is 3.93. The molecule has 2 amide bonds. The second kappa shape index (κ2) is 3.95. The number of carbonyl (C=O) groups is 2. The van der Waals surface area contributed by atoms with Gasteiger partial charge in [-0.05, 0) is 5.92 Å². The predicted molar refractivity (Wildman–Crippen MR) is 41.7 cm³/mol. The predicted octanol–water partition coefficient (Wildman–Crippen LogP) is -0.414. The van der Waals surface area contributed by atoms with Crippen LogP contribution in [0.4, 0.5) is 0 Å². The summed E-state index contributed by atoms with van der Waals surface area (Å²) in [5, 5.41) is 0. The van der Waals surface area contributed by atoms with E-state index in [4.69, 9.17) is 5.73 Å². The highest BCUT2D eigenvalue weighted by Gasteiger charge is 2.14. The van der Waals surface area contributed by atoms with Gasteiger partial charge in [0.15, 0.2) is 0 Å². The molecule has 0 bridgehead atoms. The van der Waals surface area contributed by atoms with Gasteiger partial charge in [-0.25, -0.2) is 0 Å². The van der Waals surface area contributed by atoms with Crippen LogP contribution in [-0.4, -0.2) is 30.3 Å². The Morgan fingerprint density at radius 3 is 2.18 bits per heavy atom. The number of primary amides is 1. The average molecular weight is 158 g/mol. The molecule has 11 heavy (non-hydrogen) atoms. The first kappa shape index (κ1) is 9.94. The first-order valence-electron chi connectivity index (χ1n) is 3.50. The molecule has 64 valence electrons. The van der Waals surface area contributed by atoms with E-state index in [0.717, 1.165) is 0 Å². The number of amides is 2. The molecule has 0 radical (unpaired) electrons. The lowest BCUT2D eigenvalue weighted by Gasteiger charge is -2.16. The third kappa shape index (κ3) is 3.60. The zero-order valence-electron chi connectivity index (χ0n) is 7.13. The van der Waals surface area contributed by atoms with E-state index in [1.54, 1.807) is 7.05 Å². The van der Waals surface area contributed by atoms with E-state index < -0.39 is 11.8 Å². The highest BCUT2D eigenvalue weighted by Crippen LogP contribution is 1.95. The Kier molecular flexibility index (Phi) is 3.57. The molecule has 0 aliphatic rings. The fourth-order valence-electron chi connectivity index (χ4n) is 0.819. The summed E-state index contributed by atoms with van der Waals surface area (Å²) in [7, 11) is 1.56. The summed E-state index contributed by atoms with van der Waals surface area (Å²) < 4.78 is 0. The molecule has 0 unspecified atom stereocenters. The molecule has 4 heteroatoms. The Morgan fingerprint density at radius 1 is 1.45 bits per heavy atom. The lowest BCUT2D eigenvalue weighted by Crippen LogP contribution is -2.39. The quantitative estimate of drug-likeness (QED) is 0.555. The van der Waals surface area contributed by atoms with Crippen LogP contribution in [0.5, 0.6) is 0 Å². The van der Waals surface area contributed by atoms with Crippen LogP contribution in [-0.2, 0) is 9.59 Å². The molecular weight excluding hydrogens is 144 g/mol. The van der Waals surface area contributed by atoms with Gasteiger partial charge in [-0.2, -0.15) is 0 Å². The number of likely N-dealkylation sites (N-methyl/N-ethyl adjacent to an activating group) is 1. The van der Waals surface area contributed by atoms with Crippen molar-refractivity contribution in [2.45, 2.75) is 13.8 Å². The number of nitrogens with two attached hydrogens (primary N) is 1. The second-order valence-corrected chi connectivity index (χ2v) is 2.94. The van der Waals surface area contributed by atoms with Gasteiger partial charge < -0.3 is 10.6 Å². The Morgan fingerprint density at radius 2 is 1.91 bits per heavy atom. The summed E-state index contributed by atoms with van der Waals surface area (Å²) in [5.74, 6) is -1.17. The van der Waals surface area contributed by atoms with Crippen molar-refractivity contribution in [3.63, 3.8) is 0 Å². The minimum absolute atomic E-state index is 0.350. The van der Waals surface area contributed by atoms with E-state index >= 15 is 0 Å². The van der Waals surface area contributed by atoms with Crippen LogP contribution in [0.1, 0.15) is 13.8 Å². The molecule has 0 aromatic carbocycles. The van der Waals surface area contributed by atoms with E-state index in [2.05, 4.69) is 0 Å². The first-order valence-corrected chi connectivity index (χ1v) is 3.50. The van der Waals surface area contributed by atoms with Crippen molar-refractivity contribution in [2.24, 2.45) is 11.7 Å². The largest absolute Gasteiger partial charge is 0.361 e. The zero-order chi connectivity index (χ0) is 9.02. The molecule has 0 saturated carbocycles. The minimum Gasteiger partial charge on any atom is -0.361 e. The molecule has 0 heterocycles. The van der Waals surface area contributed by atoms with E-state index in [1.165, 1.54) is 4.90 Å². The fourth-order valence-corrected chi connectivity index (χ4v) is 0.819. The number of carbonyl (C=O) groups excluding carboxylic acids is 2. The average Bonchev–Trinajstić information content (AvgIpc) is 1.84. The van der Waals surface area contributed by atoms with Crippen molar-refractivity contribution in [2.75, 3.05) is 13.6 Å². The number of nitrogens with zero attached hydrogens (tertiary/aromatic N) is 1. The van der Waals surface area contributed by atoms with E-state index in [0.29, 0.717) is 12.5 Å². The minimum atomic E-state index is -0.895. The van der Waals surface area contributed by atoms with Gasteiger partial charge in [-0.3, -0.25) is 9.59 Å². The van der Waals surface area contributed by atoms with Crippen molar-refractivity contribution in [3.8, 4) is 0 Å². The van der Waals surface area contributed by atoms with Crippen molar-refractivity contribution >= 4 is 11.8 Å². The van der Waals surface area contributed by atoms with Gasteiger partial charge in [-0.15, -0.1) is 0 Å². The van der Waals surface area contributed by atoms with Gasteiger partial charge in [0.25, 0.3) is 0 Å². The molecule has 2 N–H and O–H groups in total. The smallest absolute Gasteiger partial charge is 0.311 e. The molecule has 0 fully saturated rings. The number of hydrogen-bond donors (Lipinski definition) is 1. The zero-order valence-corrected chi connectivity index (χ0v) is 7.13. The van der Waals surface area contributed by atoms with Gasteiger partial charge in [-0.1, -0.05) is 13.8 Å². The van der Waals surface area contributed by atoms with Crippen molar-refractivity contribution in [1.29, 1.82) is 0 Å². The van der Waals surface area contributed by atoms with Crippen LogP contribution >= 0.6 is 0 Å². The molecular formula is C7H14N2O2. The van der Waals surface area contributed by atoms with Crippen molar-refractivity contribution in [3.05, 3.63) is 0 Å². The van der Waals surface area contributed by atoms with E-state index in [1.807, 2.05) is 13.8 Å². The van der Waals surface area contributed by atoms with E-state index in [-0.39, 0.29) is 0 Å². The van der Waals surface area contributed by atoms with Crippen LogP contribution in [0.25, 0.3) is 0 Å². The SMILES string of the molecule is CC(C)CN(C)C(=O)C(N)=O. The molecule has 0 aromatic heterocycles. The van der Waals surface area contributed by atoms with Crippen molar-refractivity contribution in [1.82, 2.24) is 4.90 Å².